The number of carbonyl (C=O) groups is 1. The minimum Gasteiger partial charge on any atom is -0.467 e. The van der Waals surface area contributed by atoms with E-state index in [0.717, 1.165) is 30.1 Å². The fraction of sp³-hybridized carbons (Fsp3) is 0.208. The van der Waals surface area contributed by atoms with E-state index in [-0.39, 0.29) is 11.7 Å². The van der Waals surface area contributed by atoms with Crippen LogP contribution in [0.4, 0.5) is 0 Å². The molecule has 0 bridgehead atoms. The van der Waals surface area contributed by atoms with Gasteiger partial charge in [0.25, 0.3) is 0 Å². The summed E-state index contributed by atoms with van der Waals surface area (Å²) in [5, 5.41) is 12.4. The molecule has 1 amide bonds. The minimum atomic E-state index is -0.0781. The molecule has 158 valence electrons. The first kappa shape index (κ1) is 20.9. The first-order valence-electron chi connectivity index (χ1n) is 10.2. The summed E-state index contributed by atoms with van der Waals surface area (Å²) in [7, 11) is 0. The summed E-state index contributed by atoms with van der Waals surface area (Å²) in [6.45, 7) is 2.44. The van der Waals surface area contributed by atoms with Crippen molar-refractivity contribution < 1.29 is 9.21 Å². The maximum atomic E-state index is 12.3. The third-order valence-electron chi connectivity index (χ3n) is 4.84. The fourth-order valence-corrected chi connectivity index (χ4v) is 3.99. The molecule has 0 saturated carbocycles. The van der Waals surface area contributed by atoms with Crippen LogP contribution in [0.5, 0.6) is 0 Å². The molecule has 31 heavy (non-hydrogen) atoms. The van der Waals surface area contributed by atoms with E-state index in [2.05, 4.69) is 58.8 Å². The molecule has 0 aliphatic heterocycles. The second kappa shape index (κ2) is 10.1. The molecule has 0 radical (unpaired) electrons. The number of hydrogen-bond donors (Lipinski definition) is 1. The smallest absolute Gasteiger partial charge is 0.230 e. The Hall–Kier alpha value is -3.32. The Morgan fingerprint density at radius 1 is 1.00 bits per heavy atom. The van der Waals surface area contributed by atoms with Crippen molar-refractivity contribution >= 4 is 17.7 Å². The van der Waals surface area contributed by atoms with E-state index < -0.39 is 0 Å². The van der Waals surface area contributed by atoms with Gasteiger partial charge in [-0.25, -0.2) is 0 Å². The number of aromatic nitrogens is 3. The summed E-state index contributed by atoms with van der Waals surface area (Å²) in [5.41, 5.74) is 3.44. The van der Waals surface area contributed by atoms with Crippen LogP contribution in [0.1, 0.15) is 22.7 Å². The molecule has 4 aromatic rings. The molecule has 7 heteroatoms. The normalized spacial score (nSPS) is 10.9. The Morgan fingerprint density at radius 3 is 2.55 bits per heavy atom. The van der Waals surface area contributed by atoms with Crippen molar-refractivity contribution in [3.8, 4) is 5.69 Å². The zero-order valence-corrected chi connectivity index (χ0v) is 18.1. The van der Waals surface area contributed by atoms with E-state index in [9.17, 15) is 4.79 Å². The lowest BCUT2D eigenvalue weighted by Gasteiger charge is -2.11. The third kappa shape index (κ3) is 5.64. The molecule has 0 spiro atoms. The number of carbonyl (C=O) groups excluding carboxylic acids is 1. The summed E-state index contributed by atoms with van der Waals surface area (Å²) >= 11 is 1.38. The van der Waals surface area contributed by atoms with Gasteiger partial charge in [-0.2, -0.15) is 0 Å². The van der Waals surface area contributed by atoms with Gasteiger partial charge in [-0.05, 0) is 43.2 Å². The van der Waals surface area contributed by atoms with Crippen molar-refractivity contribution in [2.24, 2.45) is 0 Å². The molecule has 0 aliphatic carbocycles. The molecule has 1 N–H and O–H groups in total. The van der Waals surface area contributed by atoms with Gasteiger partial charge < -0.3 is 9.73 Å². The van der Waals surface area contributed by atoms with Gasteiger partial charge in [0.15, 0.2) is 5.16 Å². The van der Waals surface area contributed by atoms with Crippen molar-refractivity contribution in [2.45, 2.75) is 31.5 Å². The van der Waals surface area contributed by atoms with Crippen LogP contribution in [0.15, 0.2) is 82.6 Å². The number of rotatable bonds is 9. The number of nitrogens with zero attached hydrogens (tertiary/aromatic N) is 3. The Kier molecular flexibility index (Phi) is 6.84. The largest absolute Gasteiger partial charge is 0.467 e. The summed E-state index contributed by atoms with van der Waals surface area (Å²) in [6.07, 6.45) is 3.23. The average molecular weight is 433 g/mol. The van der Waals surface area contributed by atoms with Gasteiger partial charge in [0.05, 0.1) is 18.6 Å². The third-order valence-corrected chi connectivity index (χ3v) is 5.77. The van der Waals surface area contributed by atoms with Gasteiger partial charge in [-0.3, -0.25) is 9.36 Å². The summed E-state index contributed by atoms with van der Waals surface area (Å²) in [5.74, 6) is 1.78. The lowest BCUT2D eigenvalue weighted by molar-refractivity contribution is -0.118. The highest BCUT2D eigenvalue weighted by Crippen LogP contribution is 2.23. The first-order valence-corrected chi connectivity index (χ1v) is 11.1. The van der Waals surface area contributed by atoms with E-state index in [4.69, 9.17) is 4.42 Å². The van der Waals surface area contributed by atoms with E-state index in [1.807, 2.05) is 28.8 Å². The molecule has 2 aromatic carbocycles. The predicted molar refractivity (Wildman–Crippen MR) is 121 cm³/mol. The summed E-state index contributed by atoms with van der Waals surface area (Å²) in [6, 6.07) is 22.2. The number of amides is 1. The number of aryl methyl sites for hydroxylation is 3. The quantitative estimate of drug-likeness (QED) is 0.398. The molecule has 0 fully saturated rings. The van der Waals surface area contributed by atoms with Gasteiger partial charge in [0, 0.05) is 12.1 Å². The van der Waals surface area contributed by atoms with Crippen LogP contribution in [0.3, 0.4) is 0 Å². The summed E-state index contributed by atoms with van der Waals surface area (Å²) < 4.78 is 7.30. The molecular weight excluding hydrogens is 408 g/mol. The van der Waals surface area contributed by atoms with Gasteiger partial charge in [0.1, 0.15) is 11.6 Å². The minimum absolute atomic E-state index is 0.0781. The molecule has 0 unspecified atom stereocenters. The van der Waals surface area contributed by atoms with Crippen molar-refractivity contribution in [3.05, 3.63) is 95.7 Å². The molecule has 2 heterocycles. The second-order valence-corrected chi connectivity index (χ2v) is 8.14. The van der Waals surface area contributed by atoms with Crippen LogP contribution in [0.2, 0.25) is 0 Å². The van der Waals surface area contributed by atoms with Gasteiger partial charge >= 0.3 is 0 Å². The van der Waals surface area contributed by atoms with Crippen molar-refractivity contribution in [3.63, 3.8) is 0 Å². The van der Waals surface area contributed by atoms with Crippen LogP contribution < -0.4 is 5.32 Å². The number of nitrogens with one attached hydrogen (secondary N) is 1. The van der Waals surface area contributed by atoms with Gasteiger partial charge in [-0.15, -0.1) is 10.2 Å². The molecule has 0 aliphatic rings. The van der Waals surface area contributed by atoms with Crippen LogP contribution in [-0.4, -0.2) is 26.4 Å². The predicted octanol–water partition coefficient (Wildman–Crippen LogP) is 4.36. The lowest BCUT2D eigenvalue weighted by atomic mass is 10.1. The lowest BCUT2D eigenvalue weighted by Crippen LogP contribution is -2.24. The van der Waals surface area contributed by atoms with Crippen molar-refractivity contribution in [2.75, 3.05) is 5.75 Å². The molecule has 4 rings (SSSR count). The zero-order chi connectivity index (χ0) is 21.5. The standard InChI is InChI=1S/C24H24N4O2S/c1-18-9-12-20(13-10-18)28-22(14-11-19-6-3-2-4-7-19)26-27-24(28)31-17-23(29)25-16-21-8-5-15-30-21/h2-10,12-13,15H,11,14,16-17H2,1H3,(H,25,29). The van der Waals surface area contributed by atoms with Crippen LogP contribution in [-0.2, 0) is 24.2 Å². The van der Waals surface area contributed by atoms with Gasteiger partial charge in [-0.1, -0.05) is 59.8 Å². The van der Waals surface area contributed by atoms with E-state index in [1.54, 1.807) is 12.3 Å². The Balaban J connectivity index is 1.47. The monoisotopic (exact) mass is 432 g/mol. The SMILES string of the molecule is Cc1ccc(-n2c(CCc3ccccc3)nnc2SCC(=O)NCc2ccco2)cc1. The number of benzene rings is 2. The highest BCUT2D eigenvalue weighted by Gasteiger charge is 2.16. The van der Waals surface area contributed by atoms with E-state index in [0.29, 0.717) is 11.7 Å². The van der Waals surface area contributed by atoms with Gasteiger partial charge in [0.2, 0.25) is 5.91 Å². The zero-order valence-electron chi connectivity index (χ0n) is 17.3. The fourth-order valence-electron chi connectivity index (χ4n) is 3.19. The molecule has 6 nitrogen and oxygen atoms in total. The highest BCUT2D eigenvalue weighted by atomic mass is 32.2. The van der Waals surface area contributed by atoms with Crippen molar-refractivity contribution in [1.82, 2.24) is 20.1 Å². The average Bonchev–Trinajstić information content (AvgIpc) is 3.46. The number of hydrogen-bond acceptors (Lipinski definition) is 5. The van der Waals surface area contributed by atoms with Crippen LogP contribution >= 0.6 is 11.8 Å². The number of furan rings is 1. The molecule has 0 saturated heterocycles. The summed E-state index contributed by atoms with van der Waals surface area (Å²) in [4.78, 5) is 12.3. The first-order chi connectivity index (χ1) is 15.2. The van der Waals surface area contributed by atoms with Crippen LogP contribution in [0.25, 0.3) is 5.69 Å². The Bertz CT molecular complexity index is 1110. The second-order valence-electron chi connectivity index (χ2n) is 7.20. The molecule has 2 aromatic heterocycles. The van der Waals surface area contributed by atoms with Crippen LogP contribution in [0, 0.1) is 6.92 Å². The van der Waals surface area contributed by atoms with E-state index >= 15 is 0 Å². The number of thioether (sulfide) groups is 1. The highest BCUT2D eigenvalue weighted by molar-refractivity contribution is 7.99. The topological polar surface area (TPSA) is 73.0 Å². The maximum absolute atomic E-state index is 12.3. The van der Waals surface area contributed by atoms with E-state index in [1.165, 1.54) is 22.9 Å². The Morgan fingerprint density at radius 2 is 1.81 bits per heavy atom. The Labute approximate surface area is 185 Å². The molecule has 0 atom stereocenters. The molecular formula is C24H24N4O2S. The maximum Gasteiger partial charge on any atom is 0.230 e. The van der Waals surface area contributed by atoms with Crippen molar-refractivity contribution in [1.29, 1.82) is 0 Å².